The summed E-state index contributed by atoms with van der Waals surface area (Å²) in [6.45, 7) is 2.91. The first-order valence-corrected chi connectivity index (χ1v) is 13.9. The van der Waals surface area contributed by atoms with Gasteiger partial charge in [-0.2, -0.15) is 35.3 Å². The molecule has 4 aromatic rings. The third-order valence-electron chi connectivity index (χ3n) is 5.77. The molecule has 42 heavy (non-hydrogen) atoms. The van der Waals surface area contributed by atoms with Crippen molar-refractivity contribution in [2.45, 2.75) is 32.6 Å². The fourth-order valence-corrected chi connectivity index (χ4v) is 4.78. The minimum absolute atomic E-state index is 0.0138. The zero-order chi connectivity index (χ0) is 30.6. The van der Waals surface area contributed by atoms with Gasteiger partial charge in [0.2, 0.25) is 0 Å². The first kappa shape index (κ1) is 30.5. The quantitative estimate of drug-likeness (QED) is 0.284. The number of alkyl halides is 3. The summed E-state index contributed by atoms with van der Waals surface area (Å²) in [6.07, 6.45) is -1.53. The monoisotopic (exact) mass is 618 g/mol. The highest BCUT2D eigenvalue weighted by Gasteiger charge is 2.38. The van der Waals surface area contributed by atoms with Gasteiger partial charge < -0.3 is 10.6 Å². The molecule has 218 valence electrons. The van der Waals surface area contributed by atoms with Gasteiger partial charge in [-0.3, -0.25) is 9.59 Å². The van der Waals surface area contributed by atoms with Crippen molar-refractivity contribution in [1.82, 2.24) is 40.3 Å². The summed E-state index contributed by atoms with van der Waals surface area (Å²) in [5.41, 5.74) is 0.657. The van der Waals surface area contributed by atoms with Crippen LogP contribution in [0.25, 0.3) is 5.82 Å². The number of rotatable bonds is 9. The molecule has 0 radical (unpaired) electrons. The molecule has 0 saturated heterocycles. The molecule has 0 saturated carbocycles. The molecule has 17 heteroatoms. The van der Waals surface area contributed by atoms with E-state index in [4.69, 9.17) is 11.6 Å². The lowest BCUT2D eigenvalue weighted by atomic mass is 10.0. The molecule has 2 amide bonds. The van der Waals surface area contributed by atoms with Crippen molar-refractivity contribution in [2.24, 2.45) is 0 Å². The maximum Gasteiger partial charge on any atom is 0.453 e. The number of nitriles is 1. The second kappa shape index (κ2) is 12.6. The van der Waals surface area contributed by atoms with Crippen LogP contribution in [0.3, 0.4) is 0 Å². The van der Waals surface area contributed by atoms with Crippen LogP contribution < -0.4 is 10.6 Å². The number of carbonyl (C=O) groups is 2. The van der Waals surface area contributed by atoms with Crippen LogP contribution in [0.5, 0.6) is 0 Å². The van der Waals surface area contributed by atoms with Crippen molar-refractivity contribution in [3.8, 4) is 11.9 Å². The van der Waals surface area contributed by atoms with Crippen LogP contribution in [-0.4, -0.2) is 64.8 Å². The lowest BCUT2D eigenvalue weighted by Gasteiger charge is -2.17. The van der Waals surface area contributed by atoms with Gasteiger partial charge in [0.15, 0.2) is 5.82 Å². The number of anilines is 1. The number of thioether (sulfide) groups is 1. The number of tetrazole rings is 1. The molecular weight excluding hydrogens is 597 g/mol. The molecule has 0 aliphatic rings. The van der Waals surface area contributed by atoms with Crippen LogP contribution >= 0.6 is 23.4 Å². The summed E-state index contributed by atoms with van der Waals surface area (Å²) < 4.78 is 41.6. The van der Waals surface area contributed by atoms with E-state index in [1.54, 1.807) is 13.0 Å². The number of nitrogens with one attached hydrogen (secondary N) is 2. The predicted molar refractivity (Wildman–Crippen MR) is 147 cm³/mol. The van der Waals surface area contributed by atoms with E-state index in [2.05, 4.69) is 36.2 Å². The highest BCUT2D eigenvalue weighted by molar-refractivity contribution is 7.98. The smallest absolute Gasteiger partial charge is 0.349 e. The number of hydrogen-bond donors (Lipinski definition) is 2. The second-order valence-electron chi connectivity index (χ2n) is 9.01. The molecule has 3 heterocycles. The van der Waals surface area contributed by atoms with Gasteiger partial charge in [-0.1, -0.05) is 11.6 Å². The molecule has 0 aliphatic carbocycles. The number of hydrogen-bond acceptors (Lipinski definition) is 9. The third-order valence-corrected chi connectivity index (χ3v) is 6.90. The van der Waals surface area contributed by atoms with Crippen molar-refractivity contribution in [2.75, 3.05) is 17.3 Å². The standard InChI is InChI=1S/C25H22ClF3N10O2S/c1-13-7-15(10-30)8-17(22(40)32-14(2)12-42-3)20(13)33-23(41)19-9-16(11-38-24(25(27,28)29)34-36-37-38)35-39(19)21-18(26)5-4-6-31-21/h4-9,14H,11-12H2,1-3H3,(H,32,40)(H,33,41)/t14-/m0/s1. The number of benzene rings is 1. The number of pyridine rings is 1. The summed E-state index contributed by atoms with van der Waals surface area (Å²) in [6, 6.07) is 8.95. The maximum atomic E-state index is 13.7. The van der Waals surface area contributed by atoms with E-state index < -0.39 is 30.4 Å². The Morgan fingerprint density at radius 3 is 2.67 bits per heavy atom. The fraction of sp³-hybridized carbons (Fsp3) is 0.280. The first-order valence-electron chi connectivity index (χ1n) is 12.1. The summed E-state index contributed by atoms with van der Waals surface area (Å²) in [5, 5.41) is 28.9. The van der Waals surface area contributed by atoms with Crippen LogP contribution in [0.4, 0.5) is 18.9 Å². The van der Waals surface area contributed by atoms with E-state index >= 15 is 0 Å². The van der Waals surface area contributed by atoms with E-state index in [0.717, 1.165) is 4.68 Å². The SMILES string of the molecule is CSC[C@H](C)NC(=O)c1cc(C#N)cc(C)c1NC(=O)c1cc(Cn2nnnc2C(F)(F)F)nn1-c1ncccc1Cl. The molecule has 4 rings (SSSR count). The normalized spacial score (nSPS) is 12.0. The number of halogens is 4. The number of nitrogens with zero attached hydrogens (tertiary/aromatic N) is 8. The second-order valence-corrected chi connectivity index (χ2v) is 10.3. The maximum absolute atomic E-state index is 13.7. The molecule has 3 aromatic heterocycles. The fourth-order valence-electron chi connectivity index (χ4n) is 4.00. The average Bonchev–Trinajstić information content (AvgIpc) is 3.57. The van der Waals surface area contributed by atoms with Gasteiger partial charge in [-0.25, -0.2) is 14.3 Å². The van der Waals surface area contributed by atoms with Gasteiger partial charge in [-0.05, 0) is 66.4 Å². The summed E-state index contributed by atoms with van der Waals surface area (Å²) in [5.74, 6) is -1.97. The Labute approximate surface area is 246 Å². The minimum Gasteiger partial charge on any atom is -0.349 e. The lowest BCUT2D eigenvalue weighted by Crippen LogP contribution is -2.35. The summed E-state index contributed by atoms with van der Waals surface area (Å²) in [4.78, 5) is 31.0. The highest BCUT2D eigenvalue weighted by atomic mass is 35.5. The van der Waals surface area contributed by atoms with Crippen LogP contribution in [-0.2, 0) is 12.7 Å². The highest BCUT2D eigenvalue weighted by Crippen LogP contribution is 2.28. The molecule has 1 aromatic carbocycles. The Balaban J connectivity index is 1.76. The molecule has 12 nitrogen and oxygen atoms in total. The van der Waals surface area contributed by atoms with Crippen molar-refractivity contribution >= 4 is 40.9 Å². The van der Waals surface area contributed by atoms with Crippen LogP contribution in [0.2, 0.25) is 5.02 Å². The Morgan fingerprint density at radius 2 is 2.00 bits per heavy atom. The molecule has 0 bridgehead atoms. The lowest BCUT2D eigenvalue weighted by molar-refractivity contribution is -0.147. The predicted octanol–water partition coefficient (Wildman–Crippen LogP) is 3.89. The van der Waals surface area contributed by atoms with Gasteiger partial charge in [0.25, 0.3) is 17.6 Å². The van der Waals surface area contributed by atoms with Crippen molar-refractivity contribution in [3.05, 3.63) is 75.5 Å². The summed E-state index contributed by atoms with van der Waals surface area (Å²) in [7, 11) is 0. The van der Waals surface area contributed by atoms with E-state index in [9.17, 15) is 28.0 Å². The van der Waals surface area contributed by atoms with Crippen LogP contribution in [0, 0.1) is 18.3 Å². The number of aromatic nitrogens is 7. The van der Waals surface area contributed by atoms with E-state index in [1.165, 1.54) is 42.2 Å². The molecule has 1 atom stereocenters. The largest absolute Gasteiger partial charge is 0.453 e. The molecule has 0 unspecified atom stereocenters. The molecule has 0 fully saturated rings. The Morgan fingerprint density at radius 1 is 1.24 bits per heavy atom. The Bertz CT molecular complexity index is 1680. The topological polar surface area (TPSA) is 156 Å². The number of carbonyl (C=O) groups excluding carboxylic acids is 2. The molecule has 0 spiro atoms. The van der Waals surface area contributed by atoms with Gasteiger partial charge in [0.1, 0.15) is 5.69 Å². The number of aryl methyl sites for hydroxylation is 1. The molecule has 0 aliphatic heterocycles. The van der Waals surface area contributed by atoms with Crippen molar-refractivity contribution < 1.29 is 22.8 Å². The van der Waals surface area contributed by atoms with Gasteiger partial charge >= 0.3 is 6.18 Å². The van der Waals surface area contributed by atoms with E-state index in [-0.39, 0.29) is 45.1 Å². The third kappa shape index (κ3) is 6.69. The van der Waals surface area contributed by atoms with Gasteiger partial charge in [0, 0.05) is 18.0 Å². The van der Waals surface area contributed by atoms with E-state index in [0.29, 0.717) is 16.0 Å². The van der Waals surface area contributed by atoms with Crippen molar-refractivity contribution in [3.63, 3.8) is 0 Å². The van der Waals surface area contributed by atoms with Gasteiger partial charge in [-0.15, -0.1) is 5.10 Å². The molecular formula is C25H22ClF3N10O2S. The zero-order valence-electron chi connectivity index (χ0n) is 22.3. The van der Waals surface area contributed by atoms with Crippen LogP contribution in [0.1, 0.15) is 50.4 Å². The first-order chi connectivity index (χ1) is 19.9. The Kier molecular flexibility index (Phi) is 9.12. The van der Waals surface area contributed by atoms with Crippen molar-refractivity contribution in [1.29, 1.82) is 5.26 Å². The van der Waals surface area contributed by atoms with E-state index in [1.807, 2.05) is 19.2 Å². The molecule has 2 N–H and O–H groups in total. The van der Waals surface area contributed by atoms with Gasteiger partial charge in [0.05, 0.1) is 40.1 Å². The zero-order valence-corrected chi connectivity index (χ0v) is 23.8. The van der Waals surface area contributed by atoms with Crippen LogP contribution in [0.15, 0.2) is 36.5 Å². The summed E-state index contributed by atoms with van der Waals surface area (Å²) >= 11 is 7.84. The minimum atomic E-state index is -4.83. The Hall–Kier alpha value is -4.49. The number of amides is 2. The average molecular weight is 619 g/mol.